The molecule has 0 radical (unpaired) electrons. The zero-order valence-electron chi connectivity index (χ0n) is 9.59. The summed E-state index contributed by atoms with van der Waals surface area (Å²) in [5.74, 6) is -0.857. The van der Waals surface area contributed by atoms with Gasteiger partial charge in [0, 0.05) is 10.6 Å². The van der Waals surface area contributed by atoms with Crippen LogP contribution in [0.15, 0.2) is 41.8 Å². The van der Waals surface area contributed by atoms with E-state index in [1.54, 1.807) is 24.3 Å². The fourth-order valence-corrected chi connectivity index (χ4v) is 1.69. The monoisotopic (exact) mass is 267 g/mol. The van der Waals surface area contributed by atoms with Crippen molar-refractivity contribution < 1.29 is 19.4 Å². The van der Waals surface area contributed by atoms with Crippen LogP contribution in [0.2, 0.25) is 0 Å². The molecule has 0 saturated carbocycles. The topological polar surface area (TPSA) is 75.6 Å². The molecule has 0 aliphatic carbocycles. The van der Waals surface area contributed by atoms with Crippen molar-refractivity contribution in [2.75, 3.05) is 17.7 Å². The Labute approximate surface area is 109 Å². The standard InChI is InChI=1S/C12H13NO4S/c1-2-7-17-12(16)13-9-3-5-10(6-4-9)18-8-11(14)15/h2-6H,1,7-8H2,(H,13,16)(H,14,15). The summed E-state index contributed by atoms with van der Waals surface area (Å²) in [6.45, 7) is 3.58. The van der Waals surface area contributed by atoms with Crippen LogP contribution in [0.3, 0.4) is 0 Å². The fourth-order valence-electron chi connectivity index (χ4n) is 1.07. The van der Waals surface area contributed by atoms with E-state index in [0.29, 0.717) is 5.69 Å². The highest BCUT2D eigenvalue weighted by atomic mass is 32.2. The van der Waals surface area contributed by atoms with E-state index in [0.717, 1.165) is 4.90 Å². The van der Waals surface area contributed by atoms with Crippen LogP contribution in [-0.2, 0) is 9.53 Å². The van der Waals surface area contributed by atoms with E-state index in [1.807, 2.05) is 0 Å². The molecule has 0 aromatic heterocycles. The first-order chi connectivity index (χ1) is 8.61. The third-order valence-electron chi connectivity index (χ3n) is 1.80. The number of amides is 1. The molecule has 0 unspecified atom stereocenters. The molecule has 1 aromatic rings. The summed E-state index contributed by atoms with van der Waals surface area (Å²) in [7, 11) is 0. The lowest BCUT2D eigenvalue weighted by Gasteiger charge is -2.05. The first-order valence-electron chi connectivity index (χ1n) is 5.11. The molecule has 2 N–H and O–H groups in total. The van der Waals surface area contributed by atoms with E-state index in [1.165, 1.54) is 17.8 Å². The van der Waals surface area contributed by atoms with Crippen molar-refractivity contribution >= 4 is 29.5 Å². The Balaban J connectivity index is 2.46. The maximum absolute atomic E-state index is 11.2. The molecule has 5 nitrogen and oxygen atoms in total. The molecular weight excluding hydrogens is 254 g/mol. The highest BCUT2D eigenvalue weighted by molar-refractivity contribution is 8.00. The minimum atomic E-state index is -0.866. The number of hydrogen-bond acceptors (Lipinski definition) is 4. The molecule has 6 heteroatoms. The summed E-state index contributed by atoms with van der Waals surface area (Å²) in [5.41, 5.74) is 0.587. The van der Waals surface area contributed by atoms with Gasteiger partial charge >= 0.3 is 12.1 Å². The van der Waals surface area contributed by atoms with Gasteiger partial charge in [-0.05, 0) is 24.3 Å². The molecule has 96 valence electrons. The lowest BCUT2D eigenvalue weighted by atomic mass is 10.3. The van der Waals surface area contributed by atoms with E-state index in [-0.39, 0.29) is 12.4 Å². The van der Waals surface area contributed by atoms with Gasteiger partial charge in [0.25, 0.3) is 0 Å². The van der Waals surface area contributed by atoms with Gasteiger partial charge in [0.05, 0.1) is 5.75 Å². The number of hydrogen-bond donors (Lipinski definition) is 2. The first kappa shape index (κ1) is 14.1. The average Bonchev–Trinajstić information content (AvgIpc) is 2.35. The Hall–Kier alpha value is -1.95. The number of carbonyl (C=O) groups is 2. The summed E-state index contributed by atoms with van der Waals surface area (Å²) in [4.78, 5) is 22.4. The predicted molar refractivity (Wildman–Crippen MR) is 70.0 cm³/mol. The van der Waals surface area contributed by atoms with Crippen LogP contribution in [0, 0.1) is 0 Å². The molecule has 0 aliphatic rings. The quantitative estimate of drug-likeness (QED) is 0.612. The summed E-state index contributed by atoms with van der Waals surface area (Å²) in [6.07, 6.45) is 0.923. The minimum absolute atomic E-state index is 0.00809. The summed E-state index contributed by atoms with van der Waals surface area (Å²) in [6, 6.07) is 6.83. The first-order valence-corrected chi connectivity index (χ1v) is 6.09. The van der Waals surface area contributed by atoms with E-state index in [2.05, 4.69) is 11.9 Å². The number of carbonyl (C=O) groups excluding carboxylic acids is 1. The van der Waals surface area contributed by atoms with Gasteiger partial charge < -0.3 is 9.84 Å². The van der Waals surface area contributed by atoms with E-state index in [9.17, 15) is 9.59 Å². The van der Waals surface area contributed by atoms with Crippen LogP contribution in [0.25, 0.3) is 0 Å². The maximum atomic E-state index is 11.2. The van der Waals surface area contributed by atoms with Crippen LogP contribution in [0.4, 0.5) is 10.5 Å². The second kappa shape index (κ2) is 7.39. The van der Waals surface area contributed by atoms with Gasteiger partial charge in [-0.15, -0.1) is 11.8 Å². The van der Waals surface area contributed by atoms with Gasteiger partial charge in [-0.25, -0.2) is 4.79 Å². The fraction of sp³-hybridized carbons (Fsp3) is 0.167. The minimum Gasteiger partial charge on any atom is -0.481 e. The summed E-state index contributed by atoms with van der Waals surface area (Å²) >= 11 is 1.21. The molecule has 0 bridgehead atoms. The Morgan fingerprint density at radius 1 is 1.39 bits per heavy atom. The van der Waals surface area contributed by atoms with Gasteiger partial charge in [0.2, 0.25) is 0 Å². The normalized spacial score (nSPS) is 9.56. The molecule has 0 heterocycles. The number of anilines is 1. The largest absolute Gasteiger partial charge is 0.481 e. The number of carboxylic acid groups (broad SMARTS) is 1. The number of aliphatic carboxylic acids is 1. The molecule has 18 heavy (non-hydrogen) atoms. The Morgan fingerprint density at radius 3 is 2.61 bits per heavy atom. The second-order valence-corrected chi connectivity index (χ2v) is 4.27. The zero-order valence-corrected chi connectivity index (χ0v) is 10.4. The number of rotatable bonds is 6. The molecule has 0 fully saturated rings. The third kappa shape index (κ3) is 5.40. The van der Waals surface area contributed by atoms with Crippen molar-refractivity contribution in [1.29, 1.82) is 0 Å². The van der Waals surface area contributed by atoms with E-state index < -0.39 is 12.1 Å². The number of carboxylic acids is 1. The van der Waals surface area contributed by atoms with Gasteiger partial charge in [0.1, 0.15) is 6.61 Å². The molecule has 0 atom stereocenters. The third-order valence-corrected chi connectivity index (χ3v) is 2.79. The van der Waals surface area contributed by atoms with Crippen molar-refractivity contribution in [3.05, 3.63) is 36.9 Å². The SMILES string of the molecule is C=CCOC(=O)Nc1ccc(SCC(=O)O)cc1. The second-order valence-electron chi connectivity index (χ2n) is 3.22. The smallest absolute Gasteiger partial charge is 0.411 e. The van der Waals surface area contributed by atoms with Crippen LogP contribution >= 0.6 is 11.8 Å². The number of thioether (sulfide) groups is 1. The molecule has 0 saturated heterocycles. The van der Waals surface area contributed by atoms with E-state index >= 15 is 0 Å². The molecule has 1 amide bonds. The van der Waals surface area contributed by atoms with Gasteiger partial charge in [0.15, 0.2) is 0 Å². The lowest BCUT2D eigenvalue weighted by Crippen LogP contribution is -2.13. The van der Waals surface area contributed by atoms with Gasteiger partial charge in [-0.2, -0.15) is 0 Å². The highest BCUT2D eigenvalue weighted by Gasteiger charge is 2.03. The van der Waals surface area contributed by atoms with Crippen LogP contribution in [0.1, 0.15) is 0 Å². The van der Waals surface area contributed by atoms with Crippen molar-refractivity contribution in [1.82, 2.24) is 0 Å². The predicted octanol–water partition coefficient (Wildman–Crippen LogP) is 2.60. The van der Waals surface area contributed by atoms with E-state index in [4.69, 9.17) is 9.84 Å². The zero-order chi connectivity index (χ0) is 13.4. The average molecular weight is 267 g/mol. The summed E-state index contributed by atoms with van der Waals surface area (Å²) in [5, 5.41) is 11.1. The van der Waals surface area contributed by atoms with Crippen LogP contribution in [0.5, 0.6) is 0 Å². The van der Waals surface area contributed by atoms with Gasteiger partial charge in [-0.1, -0.05) is 12.7 Å². The number of benzene rings is 1. The van der Waals surface area contributed by atoms with Crippen molar-refractivity contribution in [2.45, 2.75) is 4.90 Å². The molecule has 1 aromatic carbocycles. The van der Waals surface area contributed by atoms with Crippen LogP contribution < -0.4 is 5.32 Å². The van der Waals surface area contributed by atoms with Crippen molar-refractivity contribution in [2.24, 2.45) is 0 Å². The molecule has 1 rings (SSSR count). The Kier molecular flexibility index (Phi) is 5.79. The Morgan fingerprint density at radius 2 is 2.06 bits per heavy atom. The van der Waals surface area contributed by atoms with Gasteiger partial charge in [-0.3, -0.25) is 10.1 Å². The van der Waals surface area contributed by atoms with Crippen molar-refractivity contribution in [3.8, 4) is 0 Å². The van der Waals surface area contributed by atoms with Crippen molar-refractivity contribution in [3.63, 3.8) is 0 Å². The lowest BCUT2D eigenvalue weighted by molar-refractivity contribution is -0.133. The maximum Gasteiger partial charge on any atom is 0.411 e. The number of ether oxygens (including phenoxy) is 1. The highest BCUT2D eigenvalue weighted by Crippen LogP contribution is 2.20. The molecule has 0 aliphatic heterocycles. The van der Waals surface area contributed by atoms with Crippen LogP contribution in [-0.4, -0.2) is 29.5 Å². The number of nitrogens with one attached hydrogen (secondary N) is 1. The summed E-state index contributed by atoms with van der Waals surface area (Å²) < 4.78 is 4.75. The Bertz CT molecular complexity index is 430. The molecular formula is C12H13NO4S. The molecule has 0 spiro atoms.